The lowest BCUT2D eigenvalue weighted by atomic mass is 9.96. The molecule has 0 N–H and O–H groups in total. The summed E-state index contributed by atoms with van der Waals surface area (Å²) in [6, 6.07) is 9.85. The molecule has 1 aromatic carbocycles. The van der Waals surface area contributed by atoms with Crippen LogP contribution in [-0.4, -0.2) is 63.9 Å². The zero-order valence-electron chi connectivity index (χ0n) is 19.5. The lowest BCUT2D eigenvalue weighted by molar-refractivity contribution is 0.0244. The fourth-order valence-electron chi connectivity index (χ4n) is 4.13. The third-order valence-corrected chi connectivity index (χ3v) is 5.55. The lowest BCUT2D eigenvalue weighted by Crippen LogP contribution is -2.45. The molecule has 0 radical (unpaired) electrons. The molecule has 1 atom stereocenters. The molecule has 0 bridgehead atoms. The Morgan fingerprint density at radius 2 is 1.87 bits per heavy atom. The number of rotatable bonds is 4. The Morgan fingerprint density at radius 3 is 2.52 bits per heavy atom. The van der Waals surface area contributed by atoms with Gasteiger partial charge in [0.05, 0.1) is 22.6 Å². The molecule has 0 aliphatic carbocycles. The van der Waals surface area contributed by atoms with Crippen molar-refractivity contribution in [2.75, 3.05) is 26.7 Å². The van der Waals surface area contributed by atoms with Gasteiger partial charge < -0.3 is 14.5 Å². The van der Waals surface area contributed by atoms with E-state index in [9.17, 15) is 9.59 Å². The predicted molar refractivity (Wildman–Crippen MR) is 121 cm³/mol. The van der Waals surface area contributed by atoms with Crippen LogP contribution in [0.15, 0.2) is 30.3 Å². The minimum absolute atomic E-state index is 0.0156. The number of aromatic nitrogens is 2. The van der Waals surface area contributed by atoms with Crippen LogP contribution in [0.2, 0.25) is 0 Å². The van der Waals surface area contributed by atoms with Gasteiger partial charge in [0.25, 0.3) is 5.91 Å². The van der Waals surface area contributed by atoms with E-state index in [-0.39, 0.29) is 17.9 Å². The number of para-hydroxylation sites is 1. The highest BCUT2D eigenvalue weighted by atomic mass is 16.6. The Balaban J connectivity index is 1.70. The summed E-state index contributed by atoms with van der Waals surface area (Å²) in [7, 11) is 1.76. The van der Waals surface area contributed by atoms with Crippen molar-refractivity contribution in [1.29, 1.82) is 0 Å². The molecule has 7 nitrogen and oxygen atoms in total. The maximum atomic E-state index is 13.4. The molecule has 1 aliphatic heterocycles. The van der Waals surface area contributed by atoms with E-state index in [1.54, 1.807) is 11.9 Å². The second-order valence-electron chi connectivity index (χ2n) is 9.41. The largest absolute Gasteiger partial charge is 0.444 e. The number of carbonyl (C=O) groups excluding carboxylic acids is 2. The van der Waals surface area contributed by atoms with E-state index < -0.39 is 5.60 Å². The van der Waals surface area contributed by atoms with Gasteiger partial charge in [0.1, 0.15) is 5.60 Å². The zero-order chi connectivity index (χ0) is 22.8. The molecule has 0 saturated carbocycles. The Morgan fingerprint density at radius 1 is 1.19 bits per heavy atom. The Kier molecular flexibility index (Phi) is 6.72. The van der Waals surface area contributed by atoms with Gasteiger partial charge in [0, 0.05) is 26.7 Å². The van der Waals surface area contributed by atoms with Gasteiger partial charge in [0.2, 0.25) is 0 Å². The van der Waals surface area contributed by atoms with Crippen LogP contribution >= 0.6 is 0 Å². The number of hydrogen-bond acceptors (Lipinski definition) is 4. The van der Waals surface area contributed by atoms with Gasteiger partial charge in [0.15, 0.2) is 0 Å². The summed E-state index contributed by atoms with van der Waals surface area (Å²) in [5.74, 6) is 0.238. The summed E-state index contributed by atoms with van der Waals surface area (Å²) in [5.41, 5.74) is 2.68. The molecule has 1 fully saturated rings. The van der Waals surface area contributed by atoms with Crippen LogP contribution in [0.1, 0.15) is 55.4 Å². The highest BCUT2D eigenvalue weighted by Crippen LogP contribution is 2.24. The van der Waals surface area contributed by atoms with Gasteiger partial charge in [-0.3, -0.25) is 4.79 Å². The maximum Gasteiger partial charge on any atom is 0.410 e. The molecular weight excluding hydrogens is 392 g/mol. The first-order valence-corrected chi connectivity index (χ1v) is 10.9. The molecule has 2 heterocycles. The van der Waals surface area contributed by atoms with Gasteiger partial charge >= 0.3 is 6.09 Å². The summed E-state index contributed by atoms with van der Waals surface area (Å²) >= 11 is 0. The van der Waals surface area contributed by atoms with Crippen molar-refractivity contribution in [2.24, 2.45) is 5.92 Å². The molecule has 2 aromatic rings. The number of piperidine rings is 1. The monoisotopic (exact) mass is 426 g/mol. The molecule has 7 heteroatoms. The minimum atomic E-state index is -0.520. The highest BCUT2D eigenvalue weighted by molar-refractivity contribution is 5.96. The van der Waals surface area contributed by atoms with Crippen molar-refractivity contribution in [3.63, 3.8) is 0 Å². The van der Waals surface area contributed by atoms with Gasteiger partial charge in [-0.2, -0.15) is 5.10 Å². The third kappa shape index (κ3) is 5.46. The SMILES string of the molecule is Cc1nn(-c2ccccc2)c(C)c1C(=O)N1CCCC(CN(C)C(=O)OC(C)(C)C)C1. The van der Waals surface area contributed by atoms with Crippen molar-refractivity contribution < 1.29 is 14.3 Å². The first kappa shape index (κ1) is 22.8. The van der Waals surface area contributed by atoms with Crippen molar-refractivity contribution in [1.82, 2.24) is 19.6 Å². The van der Waals surface area contributed by atoms with Crippen LogP contribution in [0.25, 0.3) is 5.69 Å². The summed E-state index contributed by atoms with van der Waals surface area (Å²) in [5, 5.41) is 4.62. The average Bonchev–Trinajstić information content (AvgIpc) is 3.01. The fourth-order valence-corrected chi connectivity index (χ4v) is 4.13. The molecule has 1 aromatic heterocycles. The number of aryl methyl sites for hydroxylation is 1. The van der Waals surface area contributed by atoms with Crippen LogP contribution in [0.3, 0.4) is 0 Å². The molecule has 1 saturated heterocycles. The van der Waals surface area contributed by atoms with E-state index in [0.717, 1.165) is 36.5 Å². The minimum Gasteiger partial charge on any atom is -0.444 e. The summed E-state index contributed by atoms with van der Waals surface area (Å²) in [6.07, 6.45) is 1.58. The topological polar surface area (TPSA) is 67.7 Å². The van der Waals surface area contributed by atoms with Crippen LogP contribution in [-0.2, 0) is 4.74 Å². The van der Waals surface area contributed by atoms with Crippen LogP contribution in [0.5, 0.6) is 0 Å². The molecule has 0 spiro atoms. The summed E-state index contributed by atoms with van der Waals surface area (Å²) in [6.45, 7) is 11.3. The molecular formula is C24H34N4O3. The highest BCUT2D eigenvalue weighted by Gasteiger charge is 2.30. The van der Waals surface area contributed by atoms with Gasteiger partial charge in [-0.1, -0.05) is 18.2 Å². The predicted octanol–water partition coefficient (Wildman–Crippen LogP) is 4.21. The Hall–Kier alpha value is -2.83. The molecule has 3 rings (SSSR count). The number of amides is 2. The first-order valence-electron chi connectivity index (χ1n) is 10.9. The zero-order valence-corrected chi connectivity index (χ0v) is 19.5. The lowest BCUT2D eigenvalue weighted by Gasteiger charge is -2.35. The quantitative estimate of drug-likeness (QED) is 0.735. The molecule has 31 heavy (non-hydrogen) atoms. The van der Waals surface area contributed by atoms with Crippen LogP contribution < -0.4 is 0 Å². The molecule has 1 aliphatic rings. The van der Waals surface area contributed by atoms with E-state index in [4.69, 9.17) is 4.74 Å². The number of ether oxygens (including phenoxy) is 1. The third-order valence-electron chi connectivity index (χ3n) is 5.55. The molecule has 1 unspecified atom stereocenters. The normalized spacial score (nSPS) is 16.8. The average molecular weight is 427 g/mol. The molecule has 2 amide bonds. The van der Waals surface area contributed by atoms with Crippen molar-refractivity contribution >= 4 is 12.0 Å². The van der Waals surface area contributed by atoms with E-state index in [1.165, 1.54) is 0 Å². The van der Waals surface area contributed by atoms with E-state index >= 15 is 0 Å². The van der Waals surface area contributed by atoms with Crippen molar-refractivity contribution in [2.45, 2.75) is 53.1 Å². The number of hydrogen-bond donors (Lipinski definition) is 0. The fraction of sp³-hybridized carbons (Fsp3) is 0.542. The van der Waals surface area contributed by atoms with Gasteiger partial charge in [-0.25, -0.2) is 9.48 Å². The van der Waals surface area contributed by atoms with E-state index in [2.05, 4.69) is 5.10 Å². The van der Waals surface area contributed by atoms with Crippen molar-refractivity contribution in [3.8, 4) is 5.69 Å². The number of nitrogens with zero attached hydrogens (tertiary/aromatic N) is 4. The van der Waals surface area contributed by atoms with E-state index in [1.807, 2.05) is 74.5 Å². The number of benzene rings is 1. The Labute approximate surface area is 185 Å². The van der Waals surface area contributed by atoms with Gasteiger partial charge in [-0.15, -0.1) is 0 Å². The number of likely N-dealkylation sites (tertiary alicyclic amines) is 1. The van der Waals surface area contributed by atoms with Crippen LogP contribution in [0.4, 0.5) is 4.79 Å². The summed E-state index contributed by atoms with van der Waals surface area (Å²) in [4.78, 5) is 29.2. The maximum absolute atomic E-state index is 13.4. The number of carbonyl (C=O) groups is 2. The standard InChI is InChI=1S/C24H34N4O3/c1-17-21(18(2)28(25-17)20-12-8-7-9-13-20)22(29)27-14-10-11-19(16-27)15-26(6)23(30)31-24(3,4)5/h7-9,12-13,19H,10-11,14-16H2,1-6H3. The van der Waals surface area contributed by atoms with Gasteiger partial charge in [-0.05, 0) is 65.5 Å². The second kappa shape index (κ2) is 9.12. The first-order chi connectivity index (χ1) is 14.6. The second-order valence-corrected chi connectivity index (χ2v) is 9.41. The van der Waals surface area contributed by atoms with E-state index in [0.29, 0.717) is 18.7 Å². The molecule has 168 valence electrons. The van der Waals surface area contributed by atoms with Crippen LogP contribution in [0, 0.1) is 19.8 Å². The Bertz CT molecular complexity index is 930. The summed E-state index contributed by atoms with van der Waals surface area (Å²) < 4.78 is 7.29. The smallest absolute Gasteiger partial charge is 0.410 e. The van der Waals surface area contributed by atoms with Crippen molar-refractivity contribution in [3.05, 3.63) is 47.3 Å².